The summed E-state index contributed by atoms with van der Waals surface area (Å²) in [6, 6.07) is 0. The van der Waals surface area contributed by atoms with E-state index in [1.54, 1.807) is 0 Å². The van der Waals surface area contributed by atoms with Crippen molar-refractivity contribution in [3.8, 4) is 0 Å². The summed E-state index contributed by atoms with van der Waals surface area (Å²) in [5.41, 5.74) is 0. The minimum atomic E-state index is 0.398. The molecule has 0 saturated heterocycles. The van der Waals surface area contributed by atoms with Gasteiger partial charge in [-0.05, 0) is 25.4 Å². The third-order valence-corrected chi connectivity index (χ3v) is 3.04. The second kappa shape index (κ2) is 8.90. The van der Waals surface area contributed by atoms with Gasteiger partial charge in [-0.2, -0.15) is 0 Å². The lowest BCUT2D eigenvalue weighted by Gasteiger charge is -2.23. The van der Waals surface area contributed by atoms with Crippen LogP contribution in [0.5, 0.6) is 0 Å². The number of ketones is 1. The maximum atomic E-state index is 11.1. The highest BCUT2D eigenvalue weighted by molar-refractivity contribution is 5.77. The molecule has 2 nitrogen and oxygen atoms in total. The van der Waals surface area contributed by atoms with E-state index in [0.29, 0.717) is 12.2 Å². The number of nitrogens with zero attached hydrogens (tertiary/aromatic N) is 1. The van der Waals surface area contributed by atoms with E-state index in [0.717, 1.165) is 31.8 Å². The van der Waals surface area contributed by atoms with E-state index < -0.39 is 0 Å². The summed E-state index contributed by atoms with van der Waals surface area (Å²) in [7, 11) is 0. The Labute approximate surface area is 95.0 Å². The minimum absolute atomic E-state index is 0.398. The van der Waals surface area contributed by atoms with Crippen molar-refractivity contribution in [1.29, 1.82) is 0 Å². The molecule has 0 radical (unpaired) electrons. The molecule has 90 valence electrons. The third kappa shape index (κ3) is 7.55. The molecular weight excluding hydrogens is 186 g/mol. The molecule has 0 aromatic rings. The zero-order chi connectivity index (χ0) is 11.7. The predicted octanol–water partition coefficient (Wildman–Crippen LogP) is 3.11. The highest BCUT2D eigenvalue weighted by Crippen LogP contribution is 2.05. The van der Waals surface area contributed by atoms with Crippen molar-refractivity contribution < 1.29 is 4.79 Å². The summed E-state index contributed by atoms with van der Waals surface area (Å²) < 4.78 is 0. The van der Waals surface area contributed by atoms with E-state index in [2.05, 4.69) is 25.7 Å². The molecule has 0 aliphatic rings. The van der Waals surface area contributed by atoms with Crippen LogP contribution in [0.3, 0.4) is 0 Å². The van der Waals surface area contributed by atoms with E-state index in [1.807, 2.05) is 6.92 Å². The lowest BCUT2D eigenvalue weighted by molar-refractivity contribution is -0.118. The largest absolute Gasteiger partial charge is 0.303 e. The van der Waals surface area contributed by atoms with Gasteiger partial charge in [-0.3, -0.25) is 4.79 Å². The molecule has 0 fully saturated rings. The molecule has 0 rings (SSSR count). The first-order valence-corrected chi connectivity index (χ1v) is 6.38. The molecule has 0 aromatic carbocycles. The molecule has 1 atom stereocenters. The van der Waals surface area contributed by atoms with E-state index in [-0.39, 0.29) is 0 Å². The van der Waals surface area contributed by atoms with Gasteiger partial charge in [0.25, 0.3) is 0 Å². The number of carbonyl (C=O) groups excluding carboxylic acids is 1. The van der Waals surface area contributed by atoms with Gasteiger partial charge in [0.05, 0.1) is 0 Å². The second-order valence-corrected chi connectivity index (χ2v) is 4.40. The lowest BCUT2D eigenvalue weighted by Crippen LogP contribution is -2.29. The molecule has 0 heterocycles. The van der Waals surface area contributed by atoms with Crippen LogP contribution in [0.2, 0.25) is 0 Å². The molecule has 0 amide bonds. The summed E-state index contributed by atoms with van der Waals surface area (Å²) in [5, 5.41) is 0. The van der Waals surface area contributed by atoms with Crippen molar-refractivity contribution in [2.45, 2.75) is 53.4 Å². The van der Waals surface area contributed by atoms with Gasteiger partial charge in [-0.15, -0.1) is 0 Å². The molecule has 0 aliphatic carbocycles. The van der Waals surface area contributed by atoms with Gasteiger partial charge in [-0.25, -0.2) is 0 Å². The maximum Gasteiger partial charge on any atom is 0.132 e. The number of rotatable bonds is 9. The van der Waals surface area contributed by atoms with Crippen LogP contribution in [-0.2, 0) is 4.79 Å². The molecule has 0 saturated carbocycles. The van der Waals surface area contributed by atoms with Crippen LogP contribution in [0.25, 0.3) is 0 Å². The topological polar surface area (TPSA) is 20.3 Å². The monoisotopic (exact) mass is 213 g/mol. The normalized spacial score (nSPS) is 13.1. The van der Waals surface area contributed by atoms with Gasteiger partial charge in [0.15, 0.2) is 0 Å². The standard InChI is InChI=1S/C13H27NO/c1-5-12(4)11-14(7-3)10-8-9-13(15)6-2/h12H,5-11H2,1-4H3. The first-order valence-electron chi connectivity index (χ1n) is 6.38. The Morgan fingerprint density at radius 1 is 1.27 bits per heavy atom. The number of Topliss-reactive ketones (excluding diaryl/α,β-unsaturated/α-hetero) is 1. The summed E-state index contributed by atoms with van der Waals surface area (Å²) in [4.78, 5) is 13.6. The third-order valence-electron chi connectivity index (χ3n) is 3.04. The Morgan fingerprint density at radius 3 is 2.40 bits per heavy atom. The molecule has 0 N–H and O–H groups in total. The maximum absolute atomic E-state index is 11.1. The van der Waals surface area contributed by atoms with Gasteiger partial charge in [0.1, 0.15) is 5.78 Å². The van der Waals surface area contributed by atoms with Crippen LogP contribution < -0.4 is 0 Å². The van der Waals surface area contributed by atoms with Gasteiger partial charge < -0.3 is 4.90 Å². The van der Waals surface area contributed by atoms with Gasteiger partial charge in [-0.1, -0.05) is 34.1 Å². The van der Waals surface area contributed by atoms with Crippen LogP contribution in [0.15, 0.2) is 0 Å². The van der Waals surface area contributed by atoms with Crippen molar-refractivity contribution in [3.05, 3.63) is 0 Å². The Bertz CT molecular complexity index is 168. The number of hydrogen-bond donors (Lipinski definition) is 0. The SMILES string of the molecule is CCC(=O)CCCN(CC)CC(C)CC. The van der Waals surface area contributed by atoms with Crippen molar-refractivity contribution in [3.63, 3.8) is 0 Å². The lowest BCUT2D eigenvalue weighted by atomic mass is 10.1. The minimum Gasteiger partial charge on any atom is -0.303 e. The first kappa shape index (κ1) is 14.6. The predicted molar refractivity (Wildman–Crippen MR) is 66.1 cm³/mol. The molecule has 2 heteroatoms. The molecule has 0 aliphatic heterocycles. The quantitative estimate of drug-likeness (QED) is 0.586. The molecule has 15 heavy (non-hydrogen) atoms. The van der Waals surface area contributed by atoms with Crippen LogP contribution >= 0.6 is 0 Å². The van der Waals surface area contributed by atoms with Crippen LogP contribution in [0.1, 0.15) is 53.4 Å². The summed E-state index contributed by atoms with van der Waals surface area (Å²) in [6.45, 7) is 12.0. The smallest absolute Gasteiger partial charge is 0.132 e. The second-order valence-electron chi connectivity index (χ2n) is 4.40. The molecule has 1 unspecified atom stereocenters. The van der Waals surface area contributed by atoms with E-state index in [4.69, 9.17) is 0 Å². The zero-order valence-corrected chi connectivity index (χ0v) is 10.9. The van der Waals surface area contributed by atoms with E-state index in [1.165, 1.54) is 13.0 Å². The van der Waals surface area contributed by atoms with Crippen molar-refractivity contribution in [1.82, 2.24) is 4.90 Å². The summed E-state index contributed by atoms with van der Waals surface area (Å²) >= 11 is 0. The first-order chi connectivity index (χ1) is 7.13. The number of carbonyl (C=O) groups is 1. The zero-order valence-electron chi connectivity index (χ0n) is 10.9. The highest BCUT2D eigenvalue weighted by Gasteiger charge is 2.07. The molecule has 0 aromatic heterocycles. The fraction of sp³-hybridized carbons (Fsp3) is 0.923. The Kier molecular flexibility index (Phi) is 8.68. The van der Waals surface area contributed by atoms with Crippen LogP contribution in [0.4, 0.5) is 0 Å². The van der Waals surface area contributed by atoms with Gasteiger partial charge in [0.2, 0.25) is 0 Å². The molecular formula is C13H27NO. The Balaban J connectivity index is 3.65. The van der Waals surface area contributed by atoms with Gasteiger partial charge >= 0.3 is 0 Å². The summed E-state index contributed by atoms with van der Waals surface area (Å²) in [6.07, 6.45) is 3.71. The fourth-order valence-electron chi connectivity index (χ4n) is 1.62. The average molecular weight is 213 g/mol. The number of hydrogen-bond acceptors (Lipinski definition) is 2. The fourth-order valence-corrected chi connectivity index (χ4v) is 1.62. The van der Waals surface area contributed by atoms with E-state index in [9.17, 15) is 4.79 Å². The molecule has 0 spiro atoms. The molecule has 0 bridgehead atoms. The van der Waals surface area contributed by atoms with Crippen molar-refractivity contribution in [2.24, 2.45) is 5.92 Å². The van der Waals surface area contributed by atoms with Crippen molar-refractivity contribution in [2.75, 3.05) is 19.6 Å². The van der Waals surface area contributed by atoms with E-state index >= 15 is 0 Å². The Hall–Kier alpha value is -0.370. The van der Waals surface area contributed by atoms with Crippen LogP contribution in [0, 0.1) is 5.92 Å². The highest BCUT2D eigenvalue weighted by atomic mass is 16.1. The van der Waals surface area contributed by atoms with Gasteiger partial charge in [0, 0.05) is 19.4 Å². The van der Waals surface area contributed by atoms with Crippen LogP contribution in [-0.4, -0.2) is 30.3 Å². The Morgan fingerprint density at radius 2 is 1.93 bits per heavy atom. The van der Waals surface area contributed by atoms with Crippen molar-refractivity contribution >= 4 is 5.78 Å². The average Bonchev–Trinajstić information content (AvgIpc) is 2.26. The summed E-state index contributed by atoms with van der Waals surface area (Å²) in [5.74, 6) is 1.17.